The monoisotopic (exact) mass is 366 g/mol. The van der Waals surface area contributed by atoms with Crippen molar-refractivity contribution in [3.05, 3.63) is 75.1 Å². The smallest absolute Gasteiger partial charge is 0.186 e. The van der Waals surface area contributed by atoms with Crippen LogP contribution in [0.3, 0.4) is 0 Å². The molecule has 0 radical (unpaired) electrons. The number of carbonyl (C=O) groups is 1. The predicted octanol–water partition coefficient (Wildman–Crippen LogP) is 5.52. The van der Waals surface area contributed by atoms with Crippen LogP contribution >= 0.6 is 22.9 Å². The fraction of sp³-hybridized carbons (Fsp3) is 0.150. The molecule has 0 aliphatic rings. The van der Waals surface area contributed by atoms with Crippen LogP contribution in [0.25, 0.3) is 11.3 Å². The van der Waals surface area contributed by atoms with Crippen molar-refractivity contribution in [2.24, 2.45) is 0 Å². The van der Waals surface area contributed by atoms with Crippen molar-refractivity contribution in [2.75, 3.05) is 0 Å². The second kappa shape index (κ2) is 7.60. The molecule has 0 aliphatic heterocycles. The zero-order valence-electron chi connectivity index (χ0n) is 13.6. The van der Waals surface area contributed by atoms with E-state index in [-0.39, 0.29) is 5.78 Å². The molecule has 3 aromatic rings. The molecule has 0 saturated carbocycles. The molecule has 0 bridgehead atoms. The molecule has 1 atom stereocenters. The molecule has 0 aliphatic carbocycles. The molecule has 124 valence electrons. The molecular weight excluding hydrogens is 352 g/mol. The number of halogens is 1. The lowest BCUT2D eigenvalue weighted by Gasteiger charge is -2.06. The predicted molar refractivity (Wildman–Crippen MR) is 101 cm³/mol. The molecule has 5 heteroatoms. The molecule has 0 N–H and O–H groups in total. The first-order valence-electron chi connectivity index (χ1n) is 7.86. The van der Waals surface area contributed by atoms with Crippen LogP contribution in [0, 0.1) is 11.3 Å². The number of Topliss-reactive ketones (excluding diaryl/α,β-unsaturated/α-hetero) is 1. The number of aryl methyl sites for hydroxylation is 1. The van der Waals surface area contributed by atoms with Gasteiger partial charge in [0.05, 0.1) is 11.8 Å². The number of nitriles is 1. The summed E-state index contributed by atoms with van der Waals surface area (Å²) in [6, 6.07) is 16.8. The van der Waals surface area contributed by atoms with Crippen LogP contribution in [0.4, 0.5) is 0 Å². The highest BCUT2D eigenvalue weighted by atomic mass is 35.5. The molecule has 2 aromatic carbocycles. The van der Waals surface area contributed by atoms with Crippen LogP contribution < -0.4 is 0 Å². The van der Waals surface area contributed by atoms with Gasteiger partial charge < -0.3 is 0 Å². The van der Waals surface area contributed by atoms with Gasteiger partial charge in [0, 0.05) is 21.5 Å². The number of aromatic nitrogens is 1. The summed E-state index contributed by atoms with van der Waals surface area (Å²) in [5.74, 6) is -1.11. The molecular formula is C20H15ClN2OS. The number of benzene rings is 2. The van der Waals surface area contributed by atoms with Gasteiger partial charge in [0.1, 0.15) is 5.01 Å². The maximum Gasteiger partial charge on any atom is 0.186 e. The minimum atomic E-state index is -0.890. The maximum atomic E-state index is 12.7. The zero-order chi connectivity index (χ0) is 17.8. The van der Waals surface area contributed by atoms with Gasteiger partial charge >= 0.3 is 0 Å². The third kappa shape index (κ3) is 3.79. The SMILES string of the molecule is CCc1ccc(C(=O)C(C#N)c2nc(-c3ccc(Cl)cc3)cs2)cc1. The van der Waals surface area contributed by atoms with E-state index in [0.717, 1.165) is 23.2 Å². The largest absolute Gasteiger partial charge is 0.292 e. The number of nitrogens with zero attached hydrogens (tertiary/aromatic N) is 2. The van der Waals surface area contributed by atoms with Crippen LogP contribution in [-0.4, -0.2) is 10.8 Å². The van der Waals surface area contributed by atoms with Gasteiger partial charge in [-0.15, -0.1) is 11.3 Å². The summed E-state index contributed by atoms with van der Waals surface area (Å²) in [6.07, 6.45) is 0.910. The van der Waals surface area contributed by atoms with Crippen molar-refractivity contribution in [3.63, 3.8) is 0 Å². The van der Waals surface area contributed by atoms with Crippen molar-refractivity contribution < 1.29 is 4.79 Å². The Bertz CT molecular complexity index is 924. The van der Waals surface area contributed by atoms with Crippen molar-refractivity contribution in [3.8, 4) is 17.3 Å². The summed E-state index contributed by atoms with van der Waals surface area (Å²) >= 11 is 7.23. The highest BCUT2D eigenvalue weighted by molar-refractivity contribution is 7.10. The van der Waals surface area contributed by atoms with Crippen LogP contribution in [0.2, 0.25) is 5.02 Å². The van der Waals surface area contributed by atoms with Crippen LogP contribution in [0.1, 0.15) is 33.8 Å². The normalized spacial score (nSPS) is 11.7. The number of ketones is 1. The van der Waals surface area contributed by atoms with Gasteiger partial charge in [-0.3, -0.25) is 4.79 Å². The topological polar surface area (TPSA) is 53.8 Å². The molecule has 1 aromatic heterocycles. The Hall–Kier alpha value is -2.48. The zero-order valence-corrected chi connectivity index (χ0v) is 15.1. The van der Waals surface area contributed by atoms with Crippen molar-refractivity contribution in [1.29, 1.82) is 5.26 Å². The lowest BCUT2D eigenvalue weighted by Crippen LogP contribution is -2.11. The average molecular weight is 367 g/mol. The molecule has 1 unspecified atom stereocenters. The summed E-state index contributed by atoms with van der Waals surface area (Å²) in [4.78, 5) is 17.2. The fourth-order valence-electron chi connectivity index (χ4n) is 2.47. The van der Waals surface area contributed by atoms with Gasteiger partial charge in [-0.2, -0.15) is 5.26 Å². The highest BCUT2D eigenvalue weighted by Gasteiger charge is 2.25. The first-order chi connectivity index (χ1) is 12.1. The Morgan fingerprint density at radius 3 is 2.48 bits per heavy atom. The Labute approximate surface area is 155 Å². The molecule has 0 saturated heterocycles. The first-order valence-corrected chi connectivity index (χ1v) is 9.12. The Kier molecular flexibility index (Phi) is 5.28. The van der Waals surface area contributed by atoms with E-state index in [9.17, 15) is 10.1 Å². The third-order valence-corrected chi connectivity index (χ3v) is 5.11. The summed E-state index contributed by atoms with van der Waals surface area (Å²) in [5, 5.41) is 12.5. The molecule has 3 rings (SSSR count). The summed E-state index contributed by atoms with van der Waals surface area (Å²) in [5.41, 5.74) is 3.34. The number of carbonyl (C=O) groups excluding carboxylic acids is 1. The van der Waals surface area contributed by atoms with Crippen LogP contribution in [-0.2, 0) is 6.42 Å². The van der Waals surface area contributed by atoms with Crippen molar-refractivity contribution in [2.45, 2.75) is 19.3 Å². The molecule has 0 amide bonds. The second-order valence-corrected chi connectivity index (χ2v) is 6.88. The van der Waals surface area contributed by atoms with E-state index in [1.807, 2.05) is 29.6 Å². The Morgan fingerprint density at radius 2 is 1.88 bits per heavy atom. The second-order valence-electron chi connectivity index (χ2n) is 5.55. The molecule has 3 nitrogen and oxygen atoms in total. The molecule has 0 spiro atoms. The van der Waals surface area contributed by atoms with Gasteiger partial charge in [0.15, 0.2) is 11.7 Å². The number of hydrogen-bond acceptors (Lipinski definition) is 4. The third-order valence-electron chi connectivity index (χ3n) is 3.95. The van der Waals surface area contributed by atoms with Crippen LogP contribution in [0.5, 0.6) is 0 Å². The number of thiazole rings is 1. The van der Waals surface area contributed by atoms with Crippen molar-refractivity contribution >= 4 is 28.7 Å². The standard InChI is InChI=1S/C20H15ClN2OS/c1-2-13-3-5-15(6-4-13)19(24)17(11-22)20-23-18(12-25-20)14-7-9-16(21)10-8-14/h3-10,12,17H,2H2,1H3. The molecule has 25 heavy (non-hydrogen) atoms. The number of rotatable bonds is 5. The Balaban J connectivity index is 1.87. The quantitative estimate of drug-likeness (QED) is 0.559. The molecule has 1 heterocycles. The van der Waals surface area contributed by atoms with E-state index in [1.54, 1.807) is 24.3 Å². The van der Waals surface area contributed by atoms with E-state index >= 15 is 0 Å². The van der Waals surface area contributed by atoms with Crippen molar-refractivity contribution in [1.82, 2.24) is 4.98 Å². The van der Waals surface area contributed by atoms with E-state index in [1.165, 1.54) is 11.3 Å². The minimum absolute atomic E-state index is 0.220. The molecule has 0 fully saturated rings. The highest BCUT2D eigenvalue weighted by Crippen LogP contribution is 2.29. The van der Waals surface area contributed by atoms with E-state index < -0.39 is 5.92 Å². The van der Waals surface area contributed by atoms with Gasteiger partial charge in [-0.25, -0.2) is 4.98 Å². The summed E-state index contributed by atoms with van der Waals surface area (Å²) in [7, 11) is 0. The van der Waals surface area contributed by atoms with Gasteiger partial charge in [-0.1, -0.05) is 54.9 Å². The minimum Gasteiger partial charge on any atom is -0.292 e. The summed E-state index contributed by atoms with van der Waals surface area (Å²) in [6.45, 7) is 2.06. The Morgan fingerprint density at radius 1 is 1.20 bits per heavy atom. The van der Waals surface area contributed by atoms with E-state index in [2.05, 4.69) is 18.0 Å². The van der Waals surface area contributed by atoms with Crippen LogP contribution in [0.15, 0.2) is 53.9 Å². The first kappa shape index (κ1) is 17.3. The number of hydrogen-bond donors (Lipinski definition) is 0. The van der Waals surface area contributed by atoms with E-state index in [4.69, 9.17) is 11.6 Å². The lowest BCUT2D eigenvalue weighted by atomic mass is 9.98. The maximum absolute atomic E-state index is 12.7. The fourth-order valence-corrected chi connectivity index (χ4v) is 3.46. The lowest BCUT2D eigenvalue weighted by molar-refractivity contribution is 0.0979. The average Bonchev–Trinajstić information content (AvgIpc) is 3.12. The van der Waals surface area contributed by atoms with E-state index in [0.29, 0.717) is 15.6 Å². The van der Waals surface area contributed by atoms with Gasteiger partial charge in [0.2, 0.25) is 0 Å². The summed E-state index contributed by atoms with van der Waals surface area (Å²) < 4.78 is 0. The van der Waals surface area contributed by atoms with Gasteiger partial charge in [-0.05, 0) is 24.1 Å². The van der Waals surface area contributed by atoms with Gasteiger partial charge in [0.25, 0.3) is 0 Å².